The van der Waals surface area contributed by atoms with Crippen molar-refractivity contribution in [2.45, 2.75) is 11.8 Å². The number of aryl methyl sites for hydroxylation is 1. The Labute approximate surface area is 144 Å². The van der Waals surface area contributed by atoms with Crippen molar-refractivity contribution in [2.75, 3.05) is 7.11 Å². The molecule has 0 aliphatic carbocycles. The van der Waals surface area contributed by atoms with Gasteiger partial charge in [-0.15, -0.1) is 0 Å². The van der Waals surface area contributed by atoms with E-state index in [4.69, 9.17) is 14.3 Å². The van der Waals surface area contributed by atoms with Crippen LogP contribution in [0.4, 0.5) is 0 Å². The summed E-state index contributed by atoms with van der Waals surface area (Å²) in [5.74, 6) is 0.549. The van der Waals surface area contributed by atoms with Gasteiger partial charge >= 0.3 is 5.76 Å². The number of hydrogen-bond acceptors (Lipinski definition) is 5. The molecule has 0 aliphatic heterocycles. The molecule has 0 fully saturated rings. The molecule has 25 heavy (non-hydrogen) atoms. The molecule has 7 nitrogen and oxygen atoms in total. The molecule has 2 N–H and O–H groups in total. The summed E-state index contributed by atoms with van der Waals surface area (Å²) in [5.41, 5.74) is 1.77. The van der Waals surface area contributed by atoms with Gasteiger partial charge in [0.1, 0.15) is 11.5 Å². The third kappa shape index (κ3) is 3.21. The Balaban J connectivity index is 2.15. The summed E-state index contributed by atoms with van der Waals surface area (Å²) < 4.78 is 34.6. The summed E-state index contributed by atoms with van der Waals surface area (Å²) in [6, 6.07) is 12.9. The van der Waals surface area contributed by atoms with Crippen molar-refractivity contribution in [3.63, 3.8) is 0 Å². The van der Waals surface area contributed by atoms with E-state index in [0.29, 0.717) is 28.5 Å². The average Bonchev–Trinajstić information content (AvgIpc) is 2.88. The minimum absolute atomic E-state index is 0.00394. The molecule has 0 aliphatic rings. The van der Waals surface area contributed by atoms with Crippen LogP contribution in [0.3, 0.4) is 0 Å². The van der Waals surface area contributed by atoms with Crippen molar-refractivity contribution in [3.05, 3.63) is 64.8 Å². The molecule has 0 saturated heterocycles. The molecule has 0 atom stereocenters. The van der Waals surface area contributed by atoms with Gasteiger partial charge in [0, 0.05) is 5.56 Å². The largest absolute Gasteiger partial charge is 0.497 e. The monoisotopic (exact) mass is 360 g/mol. The molecule has 8 heteroatoms. The van der Waals surface area contributed by atoms with Gasteiger partial charge in [-0.1, -0.05) is 12.1 Å². The number of benzene rings is 2. The summed E-state index contributed by atoms with van der Waals surface area (Å²) in [6.07, 6.45) is 0. The molecule has 0 saturated carbocycles. The minimum Gasteiger partial charge on any atom is -0.497 e. The molecule has 1 heterocycles. The van der Waals surface area contributed by atoms with Gasteiger partial charge in [0.05, 0.1) is 23.4 Å². The maximum absolute atomic E-state index is 12.3. The van der Waals surface area contributed by atoms with Crippen molar-refractivity contribution in [2.24, 2.45) is 5.14 Å². The third-order valence-electron chi connectivity index (χ3n) is 3.77. The van der Waals surface area contributed by atoms with Gasteiger partial charge in [0.25, 0.3) is 0 Å². The maximum atomic E-state index is 12.3. The molecule has 0 unspecified atom stereocenters. The highest BCUT2D eigenvalue weighted by molar-refractivity contribution is 7.89. The summed E-state index contributed by atoms with van der Waals surface area (Å²) in [5, 5.41) is 5.11. The highest BCUT2D eigenvalue weighted by Gasteiger charge is 2.18. The molecule has 3 rings (SSSR count). The molecule has 0 amide bonds. The summed E-state index contributed by atoms with van der Waals surface area (Å²) >= 11 is 0. The molecule has 3 aromatic rings. The number of methoxy groups -OCH3 is 1. The Hall–Kier alpha value is -2.84. The lowest BCUT2D eigenvalue weighted by atomic mass is 10.1. The SMILES string of the molecule is COc1ccc(-n2c(-c3ccc(S(N)(=O)=O)cc3)c(C)oc2=O)cc1. The summed E-state index contributed by atoms with van der Waals surface area (Å²) in [4.78, 5) is 12.3. The Bertz CT molecular complexity index is 1060. The number of sulfonamides is 1. The van der Waals surface area contributed by atoms with E-state index in [0.717, 1.165) is 0 Å². The topological polar surface area (TPSA) is 105 Å². The summed E-state index contributed by atoms with van der Waals surface area (Å²) in [6.45, 7) is 1.67. The standard InChI is InChI=1S/C17H16N2O5S/c1-11-16(12-3-9-15(10-4-12)25(18,21)22)19(17(20)24-11)13-5-7-14(23-2)8-6-13/h3-10H,1-2H3,(H2,18,21,22). The fraction of sp³-hybridized carbons (Fsp3) is 0.118. The fourth-order valence-electron chi connectivity index (χ4n) is 2.57. The van der Waals surface area contributed by atoms with Gasteiger partial charge in [-0.05, 0) is 43.3 Å². The molecule has 0 spiro atoms. The predicted molar refractivity (Wildman–Crippen MR) is 92.4 cm³/mol. The summed E-state index contributed by atoms with van der Waals surface area (Å²) in [7, 11) is -2.23. The number of nitrogens with two attached hydrogens (primary N) is 1. The molecular weight excluding hydrogens is 344 g/mol. The van der Waals surface area contributed by atoms with Crippen molar-refractivity contribution < 1.29 is 17.6 Å². The van der Waals surface area contributed by atoms with E-state index < -0.39 is 15.8 Å². The number of nitrogens with zero attached hydrogens (tertiary/aromatic N) is 1. The molecule has 0 bridgehead atoms. The lowest BCUT2D eigenvalue weighted by Crippen LogP contribution is -2.13. The Morgan fingerprint density at radius 3 is 2.16 bits per heavy atom. The molecule has 2 aromatic carbocycles. The van der Waals surface area contributed by atoms with Gasteiger partial charge in [-0.2, -0.15) is 0 Å². The zero-order valence-corrected chi connectivity index (χ0v) is 14.4. The average molecular weight is 360 g/mol. The van der Waals surface area contributed by atoms with Crippen molar-refractivity contribution in [3.8, 4) is 22.7 Å². The molecule has 1 aromatic heterocycles. The van der Waals surface area contributed by atoms with E-state index in [1.807, 2.05) is 0 Å². The lowest BCUT2D eigenvalue weighted by Gasteiger charge is -2.09. The first-order valence-electron chi connectivity index (χ1n) is 7.31. The van der Waals surface area contributed by atoms with Crippen LogP contribution in [-0.2, 0) is 10.0 Å². The van der Waals surface area contributed by atoms with Crippen molar-refractivity contribution >= 4 is 10.0 Å². The number of primary sulfonamides is 1. The van der Waals surface area contributed by atoms with E-state index in [2.05, 4.69) is 0 Å². The van der Waals surface area contributed by atoms with Crippen LogP contribution in [-0.4, -0.2) is 20.1 Å². The van der Waals surface area contributed by atoms with E-state index >= 15 is 0 Å². The van der Waals surface area contributed by atoms with Crippen LogP contribution in [0.25, 0.3) is 16.9 Å². The van der Waals surface area contributed by atoms with Gasteiger partial charge < -0.3 is 9.15 Å². The van der Waals surface area contributed by atoms with Crippen LogP contribution in [0.15, 0.2) is 62.6 Å². The number of oxazole rings is 1. The highest BCUT2D eigenvalue weighted by Crippen LogP contribution is 2.27. The zero-order chi connectivity index (χ0) is 18.2. The van der Waals surface area contributed by atoms with E-state index in [1.165, 1.54) is 16.7 Å². The number of aromatic nitrogens is 1. The van der Waals surface area contributed by atoms with Crippen molar-refractivity contribution in [1.82, 2.24) is 4.57 Å². The number of ether oxygens (including phenoxy) is 1. The normalized spacial score (nSPS) is 11.5. The van der Waals surface area contributed by atoms with Gasteiger partial charge in [0.15, 0.2) is 0 Å². The Kier molecular flexibility index (Phi) is 4.23. The van der Waals surface area contributed by atoms with Crippen LogP contribution in [0, 0.1) is 6.92 Å². The van der Waals surface area contributed by atoms with E-state index in [1.54, 1.807) is 50.4 Å². The number of hydrogen-bond donors (Lipinski definition) is 1. The van der Waals surface area contributed by atoms with Crippen LogP contribution in [0.5, 0.6) is 5.75 Å². The first kappa shape index (κ1) is 17.0. The van der Waals surface area contributed by atoms with Crippen LogP contribution < -0.4 is 15.6 Å². The molecular formula is C17H16N2O5S. The van der Waals surface area contributed by atoms with Gasteiger partial charge in [-0.3, -0.25) is 0 Å². The van der Waals surface area contributed by atoms with Crippen LogP contribution >= 0.6 is 0 Å². The lowest BCUT2D eigenvalue weighted by molar-refractivity contribution is 0.414. The smallest absolute Gasteiger partial charge is 0.424 e. The highest BCUT2D eigenvalue weighted by atomic mass is 32.2. The van der Waals surface area contributed by atoms with E-state index in [-0.39, 0.29) is 4.90 Å². The minimum atomic E-state index is -3.78. The van der Waals surface area contributed by atoms with Crippen LogP contribution in [0.2, 0.25) is 0 Å². The Morgan fingerprint density at radius 2 is 1.64 bits per heavy atom. The quantitative estimate of drug-likeness (QED) is 0.767. The second kappa shape index (κ2) is 6.23. The van der Waals surface area contributed by atoms with E-state index in [9.17, 15) is 13.2 Å². The maximum Gasteiger partial charge on any atom is 0.424 e. The van der Waals surface area contributed by atoms with Gasteiger partial charge in [0.2, 0.25) is 10.0 Å². The van der Waals surface area contributed by atoms with Crippen LogP contribution in [0.1, 0.15) is 5.76 Å². The Morgan fingerprint density at radius 1 is 1.04 bits per heavy atom. The van der Waals surface area contributed by atoms with Crippen molar-refractivity contribution in [1.29, 1.82) is 0 Å². The second-order valence-corrected chi connectivity index (χ2v) is 6.94. The molecule has 0 radical (unpaired) electrons. The first-order valence-corrected chi connectivity index (χ1v) is 8.86. The zero-order valence-electron chi connectivity index (χ0n) is 13.6. The molecule has 130 valence electrons. The second-order valence-electron chi connectivity index (χ2n) is 5.38. The third-order valence-corrected chi connectivity index (χ3v) is 4.70. The predicted octanol–water partition coefficient (Wildman–Crippen LogP) is 2.06. The number of rotatable bonds is 4. The van der Waals surface area contributed by atoms with Gasteiger partial charge in [-0.25, -0.2) is 22.9 Å². The first-order chi connectivity index (χ1) is 11.8. The fourth-order valence-corrected chi connectivity index (χ4v) is 3.09.